The van der Waals surface area contributed by atoms with Crippen LogP contribution in [-0.2, 0) is 0 Å². The standard InChI is InChI=1S/C16H12F2O3/c1-2-9-20-12-5-3-11(4-6-12)16(19)21-13-7-8-14(17)15(18)10-13/h2-8,10H,1,9H2. The first kappa shape index (κ1) is 14.7. The van der Waals surface area contributed by atoms with Crippen LogP contribution in [0.4, 0.5) is 8.78 Å². The van der Waals surface area contributed by atoms with Crippen LogP contribution in [0.15, 0.2) is 55.1 Å². The van der Waals surface area contributed by atoms with Crippen molar-refractivity contribution in [3.05, 3.63) is 72.3 Å². The van der Waals surface area contributed by atoms with Gasteiger partial charge in [-0.1, -0.05) is 12.7 Å². The quantitative estimate of drug-likeness (QED) is 0.478. The molecule has 0 fully saturated rings. The number of rotatable bonds is 5. The summed E-state index contributed by atoms with van der Waals surface area (Å²) >= 11 is 0. The van der Waals surface area contributed by atoms with Gasteiger partial charge in [-0.2, -0.15) is 0 Å². The minimum atomic E-state index is -1.08. The Hall–Kier alpha value is -2.69. The molecular formula is C16H12F2O3. The second-order valence-electron chi connectivity index (χ2n) is 4.09. The van der Waals surface area contributed by atoms with E-state index in [1.54, 1.807) is 18.2 Å². The third-order valence-electron chi connectivity index (χ3n) is 2.56. The molecule has 0 aliphatic carbocycles. The summed E-state index contributed by atoms with van der Waals surface area (Å²) in [5.74, 6) is -2.23. The lowest BCUT2D eigenvalue weighted by Crippen LogP contribution is -2.08. The minimum absolute atomic E-state index is 0.0640. The van der Waals surface area contributed by atoms with Crippen molar-refractivity contribution in [2.75, 3.05) is 6.61 Å². The first-order valence-electron chi connectivity index (χ1n) is 6.11. The fourth-order valence-corrected chi connectivity index (χ4v) is 1.55. The zero-order valence-electron chi connectivity index (χ0n) is 11.0. The number of benzene rings is 2. The molecule has 0 aliphatic rings. The van der Waals surface area contributed by atoms with E-state index in [0.29, 0.717) is 12.4 Å². The van der Waals surface area contributed by atoms with Gasteiger partial charge in [0.2, 0.25) is 0 Å². The maximum atomic E-state index is 13.0. The zero-order valence-corrected chi connectivity index (χ0v) is 11.0. The first-order valence-corrected chi connectivity index (χ1v) is 6.11. The van der Waals surface area contributed by atoms with Gasteiger partial charge in [-0.25, -0.2) is 13.6 Å². The summed E-state index contributed by atoms with van der Waals surface area (Å²) in [6.07, 6.45) is 1.60. The lowest BCUT2D eigenvalue weighted by molar-refractivity contribution is 0.0734. The van der Waals surface area contributed by atoms with E-state index in [2.05, 4.69) is 6.58 Å². The molecule has 2 rings (SSSR count). The van der Waals surface area contributed by atoms with Crippen LogP contribution in [0, 0.1) is 11.6 Å². The Labute approximate surface area is 120 Å². The molecule has 0 aliphatic heterocycles. The van der Waals surface area contributed by atoms with Gasteiger partial charge in [0.15, 0.2) is 11.6 Å². The Kier molecular flexibility index (Phi) is 4.66. The normalized spacial score (nSPS) is 10.0. The van der Waals surface area contributed by atoms with Crippen LogP contribution in [-0.4, -0.2) is 12.6 Å². The van der Waals surface area contributed by atoms with Crippen molar-refractivity contribution in [2.45, 2.75) is 0 Å². The van der Waals surface area contributed by atoms with Gasteiger partial charge >= 0.3 is 5.97 Å². The predicted molar refractivity (Wildman–Crippen MR) is 73.5 cm³/mol. The molecule has 0 heterocycles. The number of ether oxygens (including phenoxy) is 2. The summed E-state index contributed by atoms with van der Waals surface area (Å²) in [4.78, 5) is 11.8. The molecule has 108 valence electrons. The van der Waals surface area contributed by atoms with Gasteiger partial charge in [0.1, 0.15) is 18.1 Å². The molecule has 2 aromatic carbocycles. The second-order valence-corrected chi connectivity index (χ2v) is 4.09. The van der Waals surface area contributed by atoms with Gasteiger partial charge in [-0.05, 0) is 36.4 Å². The topological polar surface area (TPSA) is 35.5 Å². The van der Waals surface area contributed by atoms with Gasteiger partial charge in [0.25, 0.3) is 0 Å². The summed E-state index contributed by atoms with van der Waals surface area (Å²) in [6.45, 7) is 3.88. The Bertz CT molecular complexity index is 651. The van der Waals surface area contributed by atoms with Crippen molar-refractivity contribution < 1.29 is 23.0 Å². The summed E-state index contributed by atoms with van der Waals surface area (Å²) in [7, 11) is 0. The van der Waals surface area contributed by atoms with Crippen LogP contribution in [0.1, 0.15) is 10.4 Å². The molecule has 0 atom stereocenters. The number of esters is 1. The van der Waals surface area contributed by atoms with E-state index in [9.17, 15) is 13.6 Å². The molecule has 0 saturated heterocycles. The summed E-state index contributed by atoms with van der Waals surface area (Å²) in [6, 6.07) is 9.12. The molecule has 2 aromatic rings. The minimum Gasteiger partial charge on any atom is -0.490 e. The van der Waals surface area contributed by atoms with Gasteiger partial charge in [-0.15, -0.1) is 0 Å². The van der Waals surface area contributed by atoms with Crippen molar-refractivity contribution in [1.82, 2.24) is 0 Å². The largest absolute Gasteiger partial charge is 0.490 e. The van der Waals surface area contributed by atoms with Crippen LogP contribution in [0.2, 0.25) is 0 Å². The van der Waals surface area contributed by atoms with Crippen LogP contribution in [0.25, 0.3) is 0 Å². The highest BCUT2D eigenvalue weighted by Crippen LogP contribution is 2.18. The average molecular weight is 290 g/mol. The number of carbonyl (C=O) groups is 1. The highest BCUT2D eigenvalue weighted by Gasteiger charge is 2.10. The maximum absolute atomic E-state index is 13.0. The van der Waals surface area contributed by atoms with Gasteiger partial charge in [-0.3, -0.25) is 0 Å². The smallest absolute Gasteiger partial charge is 0.343 e. The van der Waals surface area contributed by atoms with Crippen molar-refractivity contribution in [3.63, 3.8) is 0 Å². The Morgan fingerprint density at radius 3 is 2.33 bits per heavy atom. The summed E-state index contributed by atoms with van der Waals surface area (Å²) in [5, 5.41) is 0. The van der Waals surface area contributed by atoms with E-state index in [0.717, 1.165) is 12.1 Å². The molecule has 21 heavy (non-hydrogen) atoms. The van der Waals surface area contributed by atoms with Crippen LogP contribution in [0.3, 0.4) is 0 Å². The van der Waals surface area contributed by atoms with Crippen LogP contribution in [0.5, 0.6) is 11.5 Å². The van der Waals surface area contributed by atoms with E-state index in [1.807, 2.05) is 0 Å². The van der Waals surface area contributed by atoms with E-state index >= 15 is 0 Å². The van der Waals surface area contributed by atoms with E-state index < -0.39 is 17.6 Å². The van der Waals surface area contributed by atoms with Crippen molar-refractivity contribution in [2.24, 2.45) is 0 Å². The monoisotopic (exact) mass is 290 g/mol. The zero-order chi connectivity index (χ0) is 15.2. The Morgan fingerprint density at radius 2 is 1.71 bits per heavy atom. The summed E-state index contributed by atoms with van der Waals surface area (Å²) in [5.41, 5.74) is 0.269. The van der Waals surface area contributed by atoms with Gasteiger partial charge < -0.3 is 9.47 Å². The molecule has 0 N–H and O–H groups in total. The first-order chi connectivity index (χ1) is 10.1. The van der Waals surface area contributed by atoms with Crippen LogP contribution < -0.4 is 9.47 Å². The predicted octanol–water partition coefficient (Wildman–Crippen LogP) is 3.75. The van der Waals surface area contributed by atoms with Gasteiger partial charge in [0, 0.05) is 6.07 Å². The van der Waals surface area contributed by atoms with E-state index in [4.69, 9.17) is 9.47 Å². The second kappa shape index (κ2) is 6.65. The van der Waals surface area contributed by atoms with E-state index in [-0.39, 0.29) is 11.3 Å². The molecule has 0 saturated carbocycles. The highest BCUT2D eigenvalue weighted by molar-refractivity contribution is 5.91. The SMILES string of the molecule is C=CCOc1ccc(C(=O)Oc2ccc(F)c(F)c2)cc1. The molecule has 0 spiro atoms. The Morgan fingerprint density at radius 1 is 1.05 bits per heavy atom. The number of hydrogen-bond donors (Lipinski definition) is 0. The lowest BCUT2D eigenvalue weighted by Gasteiger charge is -2.06. The molecule has 0 aromatic heterocycles. The average Bonchev–Trinajstić information content (AvgIpc) is 2.49. The highest BCUT2D eigenvalue weighted by atomic mass is 19.2. The number of carbonyl (C=O) groups excluding carboxylic acids is 1. The van der Waals surface area contributed by atoms with Crippen molar-refractivity contribution in [1.29, 1.82) is 0 Å². The fraction of sp³-hybridized carbons (Fsp3) is 0.0625. The van der Waals surface area contributed by atoms with Crippen LogP contribution >= 0.6 is 0 Å². The van der Waals surface area contributed by atoms with Crippen molar-refractivity contribution in [3.8, 4) is 11.5 Å². The molecule has 0 amide bonds. The fourth-order valence-electron chi connectivity index (χ4n) is 1.55. The molecule has 5 heteroatoms. The Balaban J connectivity index is 2.05. The van der Waals surface area contributed by atoms with Gasteiger partial charge in [0.05, 0.1) is 5.56 Å². The molecule has 0 bridgehead atoms. The van der Waals surface area contributed by atoms with E-state index in [1.165, 1.54) is 18.2 Å². The molecular weight excluding hydrogens is 278 g/mol. The lowest BCUT2D eigenvalue weighted by atomic mass is 10.2. The summed E-state index contributed by atoms with van der Waals surface area (Å²) < 4.78 is 36.0. The number of halogens is 2. The number of hydrogen-bond acceptors (Lipinski definition) is 3. The molecule has 0 radical (unpaired) electrons. The van der Waals surface area contributed by atoms with Crippen molar-refractivity contribution >= 4 is 5.97 Å². The maximum Gasteiger partial charge on any atom is 0.343 e. The molecule has 0 unspecified atom stereocenters. The third-order valence-corrected chi connectivity index (χ3v) is 2.56. The third kappa shape index (κ3) is 3.89. The molecule has 3 nitrogen and oxygen atoms in total.